The third kappa shape index (κ3) is 4.30. The highest BCUT2D eigenvalue weighted by atomic mass is 19.2. The van der Waals surface area contributed by atoms with E-state index in [-0.39, 0.29) is 23.7 Å². The SMILES string of the molecule is CC(C)C(=O)N1CCC(C(=O)NC(C)c2ccc(F)c(F)c2)CC1. The number of benzene rings is 1. The van der Waals surface area contributed by atoms with Gasteiger partial charge in [-0.1, -0.05) is 19.9 Å². The van der Waals surface area contributed by atoms with Crippen LogP contribution in [-0.4, -0.2) is 29.8 Å². The lowest BCUT2D eigenvalue weighted by Crippen LogP contribution is -2.44. The van der Waals surface area contributed by atoms with Gasteiger partial charge >= 0.3 is 0 Å². The van der Waals surface area contributed by atoms with E-state index in [4.69, 9.17) is 0 Å². The van der Waals surface area contributed by atoms with Gasteiger partial charge in [0.2, 0.25) is 11.8 Å². The van der Waals surface area contributed by atoms with Crippen LogP contribution in [0.5, 0.6) is 0 Å². The van der Waals surface area contributed by atoms with Gasteiger partial charge in [0.15, 0.2) is 11.6 Å². The van der Waals surface area contributed by atoms with Crippen molar-refractivity contribution < 1.29 is 18.4 Å². The quantitative estimate of drug-likeness (QED) is 0.917. The predicted octanol–water partition coefficient (Wildman–Crippen LogP) is 3.04. The second-order valence-electron chi connectivity index (χ2n) is 6.66. The molecule has 1 aromatic carbocycles. The molecule has 1 aliphatic rings. The summed E-state index contributed by atoms with van der Waals surface area (Å²) in [6.07, 6.45) is 1.24. The molecule has 0 saturated carbocycles. The molecule has 1 fully saturated rings. The molecule has 0 bridgehead atoms. The first-order valence-corrected chi connectivity index (χ1v) is 8.33. The highest BCUT2D eigenvalue weighted by Crippen LogP contribution is 2.21. The van der Waals surface area contributed by atoms with E-state index in [2.05, 4.69) is 5.32 Å². The number of nitrogens with one attached hydrogen (secondary N) is 1. The lowest BCUT2D eigenvalue weighted by molar-refractivity contribution is -0.138. The molecule has 0 aliphatic carbocycles. The maximum atomic E-state index is 13.3. The van der Waals surface area contributed by atoms with Crippen molar-refractivity contribution >= 4 is 11.8 Å². The summed E-state index contributed by atoms with van der Waals surface area (Å²) in [7, 11) is 0. The van der Waals surface area contributed by atoms with Gasteiger partial charge in [-0.3, -0.25) is 9.59 Å². The third-order valence-corrected chi connectivity index (χ3v) is 4.47. The first kappa shape index (κ1) is 18.4. The van der Waals surface area contributed by atoms with E-state index in [1.54, 1.807) is 11.8 Å². The first-order chi connectivity index (χ1) is 11.3. The van der Waals surface area contributed by atoms with E-state index >= 15 is 0 Å². The number of likely N-dealkylation sites (tertiary alicyclic amines) is 1. The minimum absolute atomic E-state index is 0.0382. The molecule has 6 heteroatoms. The number of amides is 2. The Bertz CT molecular complexity index is 611. The predicted molar refractivity (Wildman–Crippen MR) is 87.1 cm³/mol. The summed E-state index contributed by atoms with van der Waals surface area (Å²) in [5.41, 5.74) is 0.523. The van der Waals surface area contributed by atoms with Crippen molar-refractivity contribution in [2.75, 3.05) is 13.1 Å². The molecule has 0 aromatic heterocycles. The van der Waals surface area contributed by atoms with E-state index in [9.17, 15) is 18.4 Å². The summed E-state index contributed by atoms with van der Waals surface area (Å²) in [6, 6.07) is 3.23. The van der Waals surface area contributed by atoms with Crippen molar-refractivity contribution in [1.82, 2.24) is 10.2 Å². The Balaban J connectivity index is 1.89. The molecule has 1 heterocycles. The summed E-state index contributed by atoms with van der Waals surface area (Å²) in [5, 5.41) is 2.85. The van der Waals surface area contributed by atoms with Gasteiger partial charge in [-0.15, -0.1) is 0 Å². The zero-order chi connectivity index (χ0) is 17.9. The molecule has 2 rings (SSSR count). The minimum atomic E-state index is -0.922. The molecule has 0 spiro atoms. The lowest BCUT2D eigenvalue weighted by atomic mass is 9.94. The van der Waals surface area contributed by atoms with Gasteiger partial charge in [0.25, 0.3) is 0 Å². The number of hydrogen-bond acceptors (Lipinski definition) is 2. The molecule has 4 nitrogen and oxygen atoms in total. The van der Waals surface area contributed by atoms with E-state index in [0.717, 1.165) is 12.1 Å². The minimum Gasteiger partial charge on any atom is -0.349 e. The largest absolute Gasteiger partial charge is 0.349 e. The van der Waals surface area contributed by atoms with E-state index in [1.807, 2.05) is 13.8 Å². The maximum Gasteiger partial charge on any atom is 0.225 e. The van der Waals surface area contributed by atoms with Gasteiger partial charge in [0, 0.05) is 24.9 Å². The molecule has 1 atom stereocenters. The first-order valence-electron chi connectivity index (χ1n) is 8.33. The number of carbonyl (C=O) groups excluding carboxylic acids is 2. The van der Waals surface area contributed by atoms with Gasteiger partial charge in [-0.05, 0) is 37.5 Å². The fourth-order valence-corrected chi connectivity index (χ4v) is 2.92. The molecule has 1 N–H and O–H groups in total. The fraction of sp³-hybridized carbons (Fsp3) is 0.556. The van der Waals surface area contributed by atoms with Crippen molar-refractivity contribution in [2.24, 2.45) is 11.8 Å². The van der Waals surface area contributed by atoms with Crippen molar-refractivity contribution in [1.29, 1.82) is 0 Å². The lowest BCUT2D eigenvalue weighted by Gasteiger charge is -2.33. The third-order valence-electron chi connectivity index (χ3n) is 4.47. The molecule has 132 valence electrons. The fourth-order valence-electron chi connectivity index (χ4n) is 2.92. The van der Waals surface area contributed by atoms with Gasteiger partial charge in [-0.2, -0.15) is 0 Å². The van der Waals surface area contributed by atoms with Crippen LogP contribution in [0.4, 0.5) is 8.78 Å². The van der Waals surface area contributed by atoms with Gasteiger partial charge in [-0.25, -0.2) is 8.78 Å². The number of carbonyl (C=O) groups is 2. The second-order valence-corrected chi connectivity index (χ2v) is 6.66. The van der Waals surface area contributed by atoms with Gasteiger partial charge in [0.1, 0.15) is 0 Å². The molecule has 0 radical (unpaired) electrons. The van der Waals surface area contributed by atoms with E-state index in [1.165, 1.54) is 6.07 Å². The van der Waals surface area contributed by atoms with Crippen LogP contribution in [0.3, 0.4) is 0 Å². The Labute approximate surface area is 141 Å². The number of halogens is 2. The number of rotatable bonds is 4. The van der Waals surface area contributed by atoms with E-state index in [0.29, 0.717) is 31.5 Å². The summed E-state index contributed by atoms with van der Waals surface area (Å²) >= 11 is 0. The zero-order valence-electron chi connectivity index (χ0n) is 14.3. The highest BCUT2D eigenvalue weighted by Gasteiger charge is 2.28. The Hall–Kier alpha value is -1.98. The van der Waals surface area contributed by atoms with Crippen molar-refractivity contribution in [2.45, 2.75) is 39.7 Å². The Morgan fingerprint density at radius 3 is 2.29 bits per heavy atom. The Kier molecular flexibility index (Phi) is 5.91. The molecule has 1 aliphatic heterocycles. The van der Waals surface area contributed by atoms with Gasteiger partial charge in [0.05, 0.1) is 6.04 Å². The second kappa shape index (κ2) is 7.73. The standard InChI is InChI=1S/C18H24F2N2O2/c1-11(2)18(24)22-8-6-13(7-9-22)17(23)21-12(3)14-4-5-15(19)16(20)10-14/h4-5,10-13H,6-9H2,1-3H3,(H,21,23). The molecule has 1 saturated heterocycles. The monoisotopic (exact) mass is 338 g/mol. The van der Waals surface area contributed by atoms with Crippen LogP contribution in [0.2, 0.25) is 0 Å². The van der Waals surface area contributed by atoms with Gasteiger partial charge < -0.3 is 10.2 Å². The topological polar surface area (TPSA) is 49.4 Å². The van der Waals surface area contributed by atoms with Crippen LogP contribution in [0.25, 0.3) is 0 Å². The van der Waals surface area contributed by atoms with Crippen molar-refractivity contribution in [3.05, 3.63) is 35.4 Å². The van der Waals surface area contributed by atoms with Crippen LogP contribution in [0.1, 0.15) is 45.2 Å². The summed E-state index contributed by atoms with van der Waals surface area (Å²) in [4.78, 5) is 26.1. The molecule has 2 amide bonds. The highest BCUT2D eigenvalue weighted by molar-refractivity contribution is 5.81. The van der Waals surface area contributed by atoms with E-state index < -0.39 is 17.7 Å². The van der Waals surface area contributed by atoms with Crippen LogP contribution < -0.4 is 5.32 Å². The van der Waals surface area contributed by atoms with Crippen LogP contribution >= 0.6 is 0 Å². The summed E-state index contributed by atoms with van der Waals surface area (Å²) in [5.74, 6) is -2.01. The Morgan fingerprint density at radius 2 is 1.75 bits per heavy atom. The molecular formula is C18H24F2N2O2. The smallest absolute Gasteiger partial charge is 0.225 e. The number of piperidine rings is 1. The Morgan fingerprint density at radius 1 is 1.12 bits per heavy atom. The van der Waals surface area contributed by atoms with Crippen LogP contribution in [0, 0.1) is 23.5 Å². The molecule has 1 unspecified atom stereocenters. The van der Waals surface area contributed by atoms with Crippen molar-refractivity contribution in [3.8, 4) is 0 Å². The summed E-state index contributed by atoms with van der Waals surface area (Å²) < 4.78 is 26.3. The number of hydrogen-bond donors (Lipinski definition) is 1. The maximum absolute atomic E-state index is 13.3. The average Bonchev–Trinajstić information content (AvgIpc) is 2.56. The van der Waals surface area contributed by atoms with Crippen LogP contribution in [-0.2, 0) is 9.59 Å². The molecule has 24 heavy (non-hydrogen) atoms. The zero-order valence-corrected chi connectivity index (χ0v) is 14.3. The molecular weight excluding hydrogens is 314 g/mol. The average molecular weight is 338 g/mol. The summed E-state index contributed by atoms with van der Waals surface area (Å²) in [6.45, 7) is 6.63. The van der Waals surface area contributed by atoms with Crippen LogP contribution in [0.15, 0.2) is 18.2 Å². The van der Waals surface area contributed by atoms with Crippen molar-refractivity contribution in [3.63, 3.8) is 0 Å². The normalized spacial score (nSPS) is 17.0. The number of nitrogens with zero attached hydrogens (tertiary/aromatic N) is 1. The molecule has 1 aromatic rings.